The van der Waals surface area contributed by atoms with E-state index in [9.17, 15) is 4.79 Å². The summed E-state index contributed by atoms with van der Waals surface area (Å²) in [6, 6.07) is 21.8. The molecule has 0 aliphatic carbocycles. The lowest BCUT2D eigenvalue weighted by Crippen LogP contribution is -2.54. The molecule has 1 saturated heterocycles. The van der Waals surface area contributed by atoms with Crippen molar-refractivity contribution in [1.82, 2.24) is 14.7 Å². The highest BCUT2D eigenvalue weighted by Gasteiger charge is 2.45. The van der Waals surface area contributed by atoms with E-state index >= 15 is 0 Å². The number of nitriles is 1. The molecular weight excluding hydrogens is 569 g/mol. The van der Waals surface area contributed by atoms with Crippen molar-refractivity contribution in [1.29, 1.82) is 5.26 Å². The third-order valence-electron chi connectivity index (χ3n) is 7.57. The van der Waals surface area contributed by atoms with Gasteiger partial charge in [-0.3, -0.25) is 14.8 Å². The average Bonchev–Trinajstić information content (AvgIpc) is 3.41. The molecule has 1 fully saturated rings. The number of rotatable bonds is 7. The van der Waals surface area contributed by atoms with Crippen LogP contribution >= 0.6 is 23.2 Å². The van der Waals surface area contributed by atoms with Crippen LogP contribution in [0.2, 0.25) is 10.0 Å². The molecule has 42 heavy (non-hydrogen) atoms. The smallest absolute Gasteiger partial charge is 0.326 e. The van der Waals surface area contributed by atoms with Crippen LogP contribution in [-0.2, 0) is 0 Å². The van der Waals surface area contributed by atoms with Crippen LogP contribution in [0.3, 0.4) is 0 Å². The Bertz CT molecular complexity index is 1530. The SMILES string of the molecule is C#Cc1ccc(C2=N[C@@H](c3ccc(Cl)cc3)[C@@H](c3ccc(Cl)cc3)N2C(=O)N2CCN(CCC#N)CC2)c(OCC)c1. The molecule has 2 amide bonds. The third-order valence-corrected chi connectivity index (χ3v) is 8.07. The standard InChI is InChI=1S/C33H31Cl2N5O2/c1-3-23-6-15-28(29(22-23)42-4-2)32-37-30(24-7-11-26(34)12-8-24)31(25-9-13-27(35)14-10-25)40(32)33(41)39-20-18-38(19-21-39)17-5-16-36/h1,6-15,22,30-31H,4-5,17-21H2,2H3/t30-,31+/m0/s1. The van der Waals surface area contributed by atoms with Gasteiger partial charge in [0, 0.05) is 54.8 Å². The number of halogens is 2. The van der Waals surface area contributed by atoms with E-state index in [2.05, 4.69) is 16.9 Å². The first-order valence-corrected chi connectivity index (χ1v) is 14.7. The fourth-order valence-corrected chi connectivity index (χ4v) is 5.70. The summed E-state index contributed by atoms with van der Waals surface area (Å²) in [5, 5.41) is 10.2. The van der Waals surface area contributed by atoms with Gasteiger partial charge in [-0.05, 0) is 60.5 Å². The molecule has 5 rings (SSSR count). The number of hydrogen-bond donors (Lipinski definition) is 0. The van der Waals surface area contributed by atoms with Crippen molar-refractivity contribution in [2.24, 2.45) is 4.99 Å². The molecule has 9 heteroatoms. The van der Waals surface area contributed by atoms with Gasteiger partial charge < -0.3 is 9.64 Å². The zero-order chi connectivity index (χ0) is 29.6. The lowest BCUT2D eigenvalue weighted by Gasteiger charge is -2.39. The fourth-order valence-electron chi connectivity index (χ4n) is 5.45. The number of urea groups is 1. The van der Waals surface area contributed by atoms with Gasteiger partial charge in [-0.1, -0.05) is 53.4 Å². The second-order valence-electron chi connectivity index (χ2n) is 10.1. The molecule has 0 bridgehead atoms. The van der Waals surface area contributed by atoms with Gasteiger partial charge in [-0.2, -0.15) is 5.26 Å². The Hall–Kier alpha value is -4.01. The van der Waals surface area contributed by atoms with E-state index in [1.165, 1.54) is 0 Å². The number of carbonyl (C=O) groups is 1. The van der Waals surface area contributed by atoms with Gasteiger partial charge in [0.15, 0.2) is 0 Å². The Morgan fingerprint density at radius 2 is 1.64 bits per heavy atom. The second kappa shape index (κ2) is 13.3. The van der Waals surface area contributed by atoms with Crippen LogP contribution in [0.25, 0.3) is 0 Å². The first-order chi connectivity index (χ1) is 20.4. The summed E-state index contributed by atoms with van der Waals surface area (Å²) in [7, 11) is 0. The van der Waals surface area contributed by atoms with Crippen molar-refractivity contribution in [2.75, 3.05) is 39.3 Å². The number of aliphatic imine (C=N–C) groups is 1. The maximum absolute atomic E-state index is 14.6. The molecule has 0 radical (unpaired) electrons. The first kappa shape index (κ1) is 29.5. The largest absolute Gasteiger partial charge is 0.493 e. The van der Waals surface area contributed by atoms with Crippen molar-refractivity contribution < 1.29 is 9.53 Å². The molecule has 0 saturated carbocycles. The van der Waals surface area contributed by atoms with Gasteiger partial charge in [-0.15, -0.1) is 6.42 Å². The highest BCUT2D eigenvalue weighted by atomic mass is 35.5. The lowest BCUT2D eigenvalue weighted by atomic mass is 9.93. The molecule has 214 valence electrons. The number of benzene rings is 3. The number of nitrogens with zero attached hydrogens (tertiary/aromatic N) is 5. The average molecular weight is 601 g/mol. The Balaban J connectivity index is 1.62. The molecule has 7 nitrogen and oxygen atoms in total. The van der Waals surface area contributed by atoms with Crippen molar-refractivity contribution >= 4 is 35.1 Å². The topological polar surface area (TPSA) is 72.2 Å². The Morgan fingerprint density at radius 1 is 1.00 bits per heavy atom. The normalized spacial score (nSPS) is 18.7. The zero-order valence-electron chi connectivity index (χ0n) is 23.3. The predicted molar refractivity (Wildman–Crippen MR) is 166 cm³/mol. The van der Waals surface area contributed by atoms with Gasteiger partial charge in [0.05, 0.1) is 24.3 Å². The highest BCUT2D eigenvalue weighted by Crippen LogP contribution is 2.45. The lowest BCUT2D eigenvalue weighted by molar-refractivity contribution is 0.120. The number of amides is 2. The summed E-state index contributed by atoms with van der Waals surface area (Å²) >= 11 is 12.5. The quantitative estimate of drug-likeness (QED) is 0.288. The minimum absolute atomic E-state index is 0.145. The van der Waals surface area contributed by atoms with Gasteiger partial charge in [-0.25, -0.2) is 4.79 Å². The molecule has 2 aliphatic rings. The second-order valence-corrected chi connectivity index (χ2v) is 11.0. The van der Waals surface area contributed by atoms with Crippen LogP contribution in [0.5, 0.6) is 5.75 Å². The van der Waals surface area contributed by atoms with Crippen LogP contribution in [0.1, 0.15) is 47.7 Å². The summed E-state index contributed by atoms with van der Waals surface area (Å²) < 4.78 is 6.03. The highest BCUT2D eigenvalue weighted by molar-refractivity contribution is 6.30. The van der Waals surface area contributed by atoms with E-state index in [4.69, 9.17) is 44.6 Å². The number of hydrogen-bond acceptors (Lipinski definition) is 5. The minimum Gasteiger partial charge on any atom is -0.493 e. The number of ether oxygens (including phenoxy) is 1. The van der Waals surface area contributed by atoms with E-state index in [1.807, 2.05) is 78.6 Å². The molecule has 0 unspecified atom stereocenters. The summed E-state index contributed by atoms with van der Waals surface area (Å²) in [5.41, 5.74) is 3.19. The summed E-state index contributed by atoms with van der Waals surface area (Å²) in [5.74, 6) is 3.75. The van der Waals surface area contributed by atoms with Crippen LogP contribution in [-0.4, -0.2) is 65.9 Å². The monoisotopic (exact) mass is 599 g/mol. The molecule has 2 aliphatic heterocycles. The van der Waals surface area contributed by atoms with Crippen LogP contribution in [0.15, 0.2) is 71.7 Å². The fraction of sp³-hybridized carbons (Fsp3) is 0.303. The van der Waals surface area contributed by atoms with E-state index in [-0.39, 0.29) is 6.03 Å². The van der Waals surface area contributed by atoms with Crippen LogP contribution in [0, 0.1) is 23.7 Å². The van der Waals surface area contributed by atoms with Crippen molar-refractivity contribution in [2.45, 2.75) is 25.4 Å². The van der Waals surface area contributed by atoms with E-state index in [1.54, 1.807) is 4.90 Å². The summed E-state index contributed by atoms with van der Waals surface area (Å²) in [4.78, 5) is 25.7. The summed E-state index contributed by atoms with van der Waals surface area (Å²) in [6.45, 7) is 5.50. The third kappa shape index (κ3) is 6.25. The van der Waals surface area contributed by atoms with Gasteiger partial charge in [0.25, 0.3) is 0 Å². The first-order valence-electron chi connectivity index (χ1n) is 13.9. The van der Waals surface area contributed by atoms with Gasteiger partial charge in [0.1, 0.15) is 17.6 Å². The van der Waals surface area contributed by atoms with E-state index in [0.29, 0.717) is 78.5 Å². The van der Waals surface area contributed by atoms with E-state index < -0.39 is 12.1 Å². The minimum atomic E-state index is -0.454. The van der Waals surface area contributed by atoms with Crippen molar-refractivity contribution in [3.05, 3.63) is 99.0 Å². The zero-order valence-corrected chi connectivity index (χ0v) is 24.9. The van der Waals surface area contributed by atoms with E-state index in [0.717, 1.165) is 11.1 Å². The predicted octanol–water partition coefficient (Wildman–Crippen LogP) is 6.57. The van der Waals surface area contributed by atoms with Crippen LogP contribution < -0.4 is 4.74 Å². The molecule has 0 aromatic heterocycles. The van der Waals surface area contributed by atoms with Crippen LogP contribution in [0.4, 0.5) is 4.79 Å². The Labute approximate surface area is 256 Å². The number of carbonyl (C=O) groups excluding carboxylic acids is 1. The maximum atomic E-state index is 14.6. The summed E-state index contributed by atoms with van der Waals surface area (Å²) in [6.07, 6.45) is 6.17. The molecule has 2 atom stereocenters. The van der Waals surface area contributed by atoms with Gasteiger partial charge >= 0.3 is 6.03 Å². The molecule has 3 aromatic rings. The number of piperazine rings is 1. The molecule has 0 spiro atoms. The van der Waals surface area contributed by atoms with Crippen molar-refractivity contribution in [3.63, 3.8) is 0 Å². The number of terminal acetylenes is 1. The van der Waals surface area contributed by atoms with Gasteiger partial charge in [0.2, 0.25) is 0 Å². The Kier molecular flexibility index (Phi) is 9.35. The number of amidine groups is 1. The molecule has 2 heterocycles. The van der Waals surface area contributed by atoms with Crippen molar-refractivity contribution in [3.8, 4) is 24.2 Å². The molecular formula is C33H31Cl2N5O2. The molecule has 3 aromatic carbocycles. The Morgan fingerprint density at radius 3 is 2.24 bits per heavy atom. The molecule has 0 N–H and O–H groups in total. The maximum Gasteiger partial charge on any atom is 0.326 e.